The van der Waals surface area contributed by atoms with E-state index in [1.54, 1.807) is 11.4 Å². The number of rotatable bonds is 5. The lowest BCUT2D eigenvalue weighted by molar-refractivity contribution is -0.125. The number of carbonyl (C=O) groups is 1. The molecule has 10 heteroatoms. The lowest BCUT2D eigenvalue weighted by atomic mass is 9.97. The molecule has 2 aromatic carbocycles. The fourth-order valence-corrected chi connectivity index (χ4v) is 5.06. The van der Waals surface area contributed by atoms with Crippen LogP contribution < -0.4 is 15.8 Å². The minimum Gasteiger partial charge on any atom is -0.352 e. The Bertz CT molecular complexity index is 1450. The van der Waals surface area contributed by atoms with Gasteiger partial charge in [-0.05, 0) is 54.6 Å². The molecule has 0 unspecified atom stereocenters. The molecule has 0 bridgehead atoms. The minimum absolute atomic E-state index is 0.0547. The van der Waals surface area contributed by atoms with Crippen LogP contribution in [0.1, 0.15) is 18.4 Å². The van der Waals surface area contributed by atoms with E-state index < -0.39 is 23.4 Å². The first-order chi connectivity index (χ1) is 16.9. The van der Waals surface area contributed by atoms with Crippen LogP contribution in [0.5, 0.6) is 0 Å². The third kappa shape index (κ3) is 4.66. The van der Waals surface area contributed by atoms with Gasteiger partial charge in [0, 0.05) is 31.3 Å². The number of carbonyl (C=O) groups excluding carboxylic acids is 1. The van der Waals surface area contributed by atoms with E-state index in [0.29, 0.717) is 47.8 Å². The van der Waals surface area contributed by atoms with Crippen LogP contribution >= 0.6 is 11.3 Å². The Morgan fingerprint density at radius 3 is 2.63 bits per heavy atom. The summed E-state index contributed by atoms with van der Waals surface area (Å²) in [6.07, 6.45) is 1.31. The van der Waals surface area contributed by atoms with Crippen LogP contribution in [-0.4, -0.2) is 28.5 Å². The average molecular weight is 499 g/mol. The van der Waals surface area contributed by atoms with Crippen molar-refractivity contribution in [2.75, 3.05) is 18.0 Å². The van der Waals surface area contributed by atoms with Crippen molar-refractivity contribution >= 4 is 33.4 Å². The summed E-state index contributed by atoms with van der Waals surface area (Å²) in [5.41, 5.74) is 0.978. The maximum absolute atomic E-state index is 13.9. The molecule has 0 radical (unpaired) electrons. The second-order valence-electron chi connectivity index (χ2n) is 8.40. The number of halogens is 3. The van der Waals surface area contributed by atoms with Gasteiger partial charge in [0.1, 0.15) is 22.2 Å². The van der Waals surface area contributed by atoms with Crippen molar-refractivity contribution in [3.05, 3.63) is 87.3 Å². The molecular formula is C25H21F3N4O2S. The summed E-state index contributed by atoms with van der Waals surface area (Å²) in [6, 6.07) is 10.6. The topological polar surface area (TPSA) is 67.2 Å². The number of fused-ring (bicyclic) bond motifs is 1. The highest BCUT2D eigenvalue weighted by Gasteiger charge is 2.29. The molecule has 1 saturated heterocycles. The van der Waals surface area contributed by atoms with Gasteiger partial charge in [0.2, 0.25) is 11.9 Å². The molecule has 1 fully saturated rings. The van der Waals surface area contributed by atoms with E-state index in [9.17, 15) is 22.8 Å². The average Bonchev–Trinajstić information content (AvgIpc) is 3.33. The fraction of sp³-hybridized carbons (Fsp3) is 0.240. The van der Waals surface area contributed by atoms with E-state index in [-0.39, 0.29) is 23.6 Å². The number of benzene rings is 2. The van der Waals surface area contributed by atoms with Crippen molar-refractivity contribution in [3.8, 4) is 5.69 Å². The van der Waals surface area contributed by atoms with Crippen molar-refractivity contribution in [1.82, 2.24) is 14.9 Å². The predicted octanol–water partition coefficient (Wildman–Crippen LogP) is 4.40. The SMILES string of the molecule is O=C(NCc1ccc(F)cc1F)[C@H]1CCCN(c2nc3ccsc3c(=O)n2-c2ccc(F)cc2)C1. The van der Waals surface area contributed by atoms with Crippen LogP contribution in [-0.2, 0) is 11.3 Å². The van der Waals surface area contributed by atoms with Gasteiger partial charge in [-0.1, -0.05) is 6.07 Å². The van der Waals surface area contributed by atoms with E-state index in [2.05, 4.69) is 5.32 Å². The maximum Gasteiger partial charge on any atom is 0.277 e. The lowest BCUT2D eigenvalue weighted by Crippen LogP contribution is -2.45. The number of hydrogen-bond acceptors (Lipinski definition) is 5. The van der Waals surface area contributed by atoms with Crippen molar-refractivity contribution in [1.29, 1.82) is 0 Å². The van der Waals surface area contributed by atoms with Crippen LogP contribution in [0.2, 0.25) is 0 Å². The van der Waals surface area contributed by atoms with Crippen molar-refractivity contribution < 1.29 is 18.0 Å². The van der Waals surface area contributed by atoms with E-state index in [1.165, 1.54) is 46.2 Å². The molecule has 1 aliphatic heterocycles. The number of piperidine rings is 1. The molecule has 1 N–H and O–H groups in total. The first-order valence-electron chi connectivity index (χ1n) is 11.1. The number of hydrogen-bond donors (Lipinski definition) is 1. The molecule has 1 aliphatic rings. The summed E-state index contributed by atoms with van der Waals surface area (Å²) in [7, 11) is 0. The van der Waals surface area contributed by atoms with Gasteiger partial charge >= 0.3 is 0 Å². The first-order valence-corrected chi connectivity index (χ1v) is 12.0. The van der Waals surface area contributed by atoms with Gasteiger partial charge in [0.05, 0.1) is 17.1 Å². The van der Waals surface area contributed by atoms with Gasteiger partial charge in [-0.15, -0.1) is 11.3 Å². The van der Waals surface area contributed by atoms with Crippen molar-refractivity contribution in [2.24, 2.45) is 5.92 Å². The van der Waals surface area contributed by atoms with E-state index >= 15 is 0 Å². The molecule has 0 aliphatic carbocycles. The monoisotopic (exact) mass is 498 g/mol. The second kappa shape index (κ2) is 9.53. The number of amides is 1. The van der Waals surface area contributed by atoms with Crippen molar-refractivity contribution in [3.63, 3.8) is 0 Å². The molecule has 6 nitrogen and oxygen atoms in total. The zero-order valence-electron chi connectivity index (χ0n) is 18.5. The Kier molecular flexibility index (Phi) is 6.29. The summed E-state index contributed by atoms with van der Waals surface area (Å²) < 4.78 is 42.6. The quantitative estimate of drug-likeness (QED) is 0.443. The highest BCUT2D eigenvalue weighted by Crippen LogP contribution is 2.27. The number of anilines is 1. The maximum atomic E-state index is 13.9. The molecule has 3 heterocycles. The van der Waals surface area contributed by atoms with Crippen LogP contribution in [0.4, 0.5) is 19.1 Å². The van der Waals surface area contributed by atoms with E-state index in [4.69, 9.17) is 4.98 Å². The Hall–Kier alpha value is -3.66. The molecule has 1 amide bonds. The summed E-state index contributed by atoms with van der Waals surface area (Å²) in [5, 5.41) is 4.52. The van der Waals surface area contributed by atoms with Crippen LogP contribution in [0.25, 0.3) is 15.9 Å². The molecular weight excluding hydrogens is 477 g/mol. The molecule has 35 heavy (non-hydrogen) atoms. The van der Waals surface area contributed by atoms with Crippen LogP contribution in [0.15, 0.2) is 58.7 Å². The molecule has 5 rings (SSSR count). The molecule has 180 valence electrons. The predicted molar refractivity (Wildman–Crippen MR) is 128 cm³/mol. The lowest BCUT2D eigenvalue weighted by Gasteiger charge is -2.34. The number of aromatic nitrogens is 2. The largest absolute Gasteiger partial charge is 0.352 e. The van der Waals surface area contributed by atoms with Crippen LogP contribution in [0.3, 0.4) is 0 Å². The Morgan fingerprint density at radius 1 is 1.09 bits per heavy atom. The summed E-state index contributed by atoms with van der Waals surface area (Å²) in [6.45, 7) is 0.835. The number of thiophene rings is 1. The van der Waals surface area contributed by atoms with Gasteiger partial charge < -0.3 is 10.2 Å². The second-order valence-corrected chi connectivity index (χ2v) is 9.32. The molecule has 2 aromatic heterocycles. The molecule has 0 spiro atoms. The fourth-order valence-electron chi connectivity index (χ4n) is 4.30. The Morgan fingerprint density at radius 2 is 1.86 bits per heavy atom. The smallest absolute Gasteiger partial charge is 0.277 e. The first kappa shape index (κ1) is 23.1. The highest BCUT2D eigenvalue weighted by molar-refractivity contribution is 7.17. The van der Waals surface area contributed by atoms with Crippen molar-refractivity contribution in [2.45, 2.75) is 19.4 Å². The summed E-state index contributed by atoms with van der Waals surface area (Å²) in [5.74, 6) is -2.10. The zero-order chi connectivity index (χ0) is 24.5. The number of nitrogens with zero attached hydrogens (tertiary/aromatic N) is 3. The third-order valence-electron chi connectivity index (χ3n) is 6.09. The third-order valence-corrected chi connectivity index (χ3v) is 6.98. The van der Waals surface area contributed by atoms with E-state index in [0.717, 1.165) is 12.1 Å². The van der Waals surface area contributed by atoms with Gasteiger partial charge in [-0.25, -0.2) is 22.7 Å². The van der Waals surface area contributed by atoms with Gasteiger partial charge in [-0.3, -0.25) is 9.59 Å². The van der Waals surface area contributed by atoms with Gasteiger partial charge in [0.15, 0.2) is 0 Å². The molecule has 4 aromatic rings. The zero-order valence-corrected chi connectivity index (χ0v) is 19.3. The van der Waals surface area contributed by atoms with Crippen LogP contribution in [0, 0.1) is 23.4 Å². The summed E-state index contributed by atoms with van der Waals surface area (Å²) >= 11 is 1.29. The van der Waals surface area contributed by atoms with E-state index in [1.807, 2.05) is 4.90 Å². The highest BCUT2D eigenvalue weighted by atomic mass is 32.1. The standard InChI is InChI=1S/C25H21F3N4O2S/c26-17-5-7-19(8-6-17)32-24(34)22-21(9-11-35-22)30-25(32)31-10-1-2-16(14-31)23(33)29-13-15-3-4-18(27)12-20(15)28/h3-9,11-12,16H,1-2,10,13-14H2,(H,29,33)/t16-/m0/s1. The minimum atomic E-state index is -0.716. The summed E-state index contributed by atoms with van der Waals surface area (Å²) in [4.78, 5) is 32.8. The van der Waals surface area contributed by atoms with Gasteiger partial charge in [0.25, 0.3) is 5.56 Å². The number of nitrogens with one attached hydrogen (secondary N) is 1. The Balaban J connectivity index is 1.42. The van der Waals surface area contributed by atoms with Gasteiger partial charge in [-0.2, -0.15) is 0 Å². The Labute approximate surface area is 202 Å². The normalized spacial score (nSPS) is 16.0. The molecule has 0 saturated carbocycles. The molecule has 1 atom stereocenters.